The molecular weight excluding hydrogens is 250 g/mol. The van der Waals surface area contributed by atoms with Gasteiger partial charge in [-0.1, -0.05) is 12.1 Å². The zero-order chi connectivity index (χ0) is 14.1. The largest absolute Gasteiger partial charge is 0.497 e. The van der Waals surface area contributed by atoms with Crippen molar-refractivity contribution in [3.8, 4) is 5.75 Å². The van der Waals surface area contributed by atoms with Crippen LogP contribution in [-0.4, -0.2) is 21.6 Å². The number of nitrogens with zero attached hydrogens (tertiary/aromatic N) is 3. The van der Waals surface area contributed by atoms with Crippen LogP contribution in [0.2, 0.25) is 0 Å². The lowest BCUT2D eigenvalue weighted by atomic mass is 10.2. The Morgan fingerprint density at radius 2 is 1.90 bits per heavy atom. The number of methoxy groups -OCH3 is 1. The van der Waals surface area contributed by atoms with E-state index in [4.69, 9.17) is 4.74 Å². The number of benzene rings is 1. The van der Waals surface area contributed by atoms with Gasteiger partial charge in [-0.05, 0) is 26.0 Å². The quantitative estimate of drug-likeness (QED) is 0.732. The van der Waals surface area contributed by atoms with Gasteiger partial charge in [0.15, 0.2) is 0 Å². The van der Waals surface area contributed by atoms with E-state index in [1.54, 1.807) is 7.11 Å². The summed E-state index contributed by atoms with van der Waals surface area (Å²) in [6, 6.07) is 12.1. The number of para-hydroxylation sites is 2. The minimum atomic E-state index is 0.699. The first-order chi connectivity index (χ1) is 9.67. The summed E-state index contributed by atoms with van der Waals surface area (Å²) < 4.78 is 7.48. The predicted molar refractivity (Wildman–Crippen MR) is 79.1 cm³/mol. The minimum Gasteiger partial charge on any atom is -0.497 e. The molecule has 4 nitrogen and oxygen atoms in total. The van der Waals surface area contributed by atoms with Crippen LogP contribution in [0.1, 0.15) is 17.2 Å². The van der Waals surface area contributed by atoms with Crippen LogP contribution in [0.4, 0.5) is 0 Å². The van der Waals surface area contributed by atoms with Crippen molar-refractivity contribution in [1.82, 2.24) is 14.5 Å². The summed E-state index contributed by atoms with van der Waals surface area (Å²) in [5, 5.41) is 0. The van der Waals surface area contributed by atoms with Gasteiger partial charge in [0, 0.05) is 17.8 Å². The van der Waals surface area contributed by atoms with E-state index in [-0.39, 0.29) is 0 Å². The fraction of sp³-hybridized carbons (Fsp3) is 0.250. The van der Waals surface area contributed by atoms with Gasteiger partial charge >= 0.3 is 0 Å². The van der Waals surface area contributed by atoms with Gasteiger partial charge in [-0.3, -0.25) is 4.98 Å². The van der Waals surface area contributed by atoms with Crippen molar-refractivity contribution in [2.75, 3.05) is 7.11 Å². The van der Waals surface area contributed by atoms with Crippen LogP contribution in [0, 0.1) is 13.8 Å². The average molecular weight is 267 g/mol. The molecule has 0 aliphatic heterocycles. The van der Waals surface area contributed by atoms with Gasteiger partial charge in [0.1, 0.15) is 11.6 Å². The second-order valence-electron chi connectivity index (χ2n) is 4.87. The molecule has 3 aromatic rings. The number of aromatic nitrogens is 3. The molecule has 0 atom stereocenters. The fourth-order valence-electron chi connectivity index (χ4n) is 2.46. The first-order valence-electron chi connectivity index (χ1n) is 6.61. The first-order valence-corrected chi connectivity index (χ1v) is 6.61. The van der Waals surface area contributed by atoms with Crippen LogP contribution in [-0.2, 0) is 6.54 Å². The maximum absolute atomic E-state index is 5.31. The zero-order valence-corrected chi connectivity index (χ0v) is 11.9. The monoisotopic (exact) mass is 267 g/mol. The molecule has 2 aromatic heterocycles. The van der Waals surface area contributed by atoms with Crippen molar-refractivity contribution >= 4 is 11.0 Å². The van der Waals surface area contributed by atoms with Crippen molar-refractivity contribution in [3.05, 3.63) is 53.6 Å². The molecule has 20 heavy (non-hydrogen) atoms. The SMILES string of the molecule is COc1cc(C)nc(Cn2c(C)nc3ccccc32)c1. The van der Waals surface area contributed by atoms with E-state index < -0.39 is 0 Å². The van der Waals surface area contributed by atoms with E-state index in [0.717, 1.165) is 34.0 Å². The third-order valence-corrected chi connectivity index (χ3v) is 3.38. The number of hydrogen-bond donors (Lipinski definition) is 0. The van der Waals surface area contributed by atoms with E-state index in [2.05, 4.69) is 20.6 Å². The zero-order valence-electron chi connectivity index (χ0n) is 11.9. The molecule has 0 fully saturated rings. The van der Waals surface area contributed by atoms with E-state index in [1.807, 2.05) is 44.2 Å². The molecule has 3 rings (SSSR count). The maximum Gasteiger partial charge on any atom is 0.122 e. The Hall–Kier alpha value is -2.36. The maximum atomic E-state index is 5.31. The van der Waals surface area contributed by atoms with E-state index in [0.29, 0.717) is 6.54 Å². The standard InChI is InChI=1S/C16H17N3O/c1-11-8-14(20-3)9-13(17-11)10-19-12(2)18-15-6-4-5-7-16(15)19/h4-9H,10H2,1-3H3. The molecule has 0 bridgehead atoms. The molecule has 1 aromatic carbocycles. The third kappa shape index (κ3) is 2.25. The number of fused-ring (bicyclic) bond motifs is 1. The van der Waals surface area contributed by atoms with Crippen LogP contribution >= 0.6 is 0 Å². The minimum absolute atomic E-state index is 0.699. The van der Waals surface area contributed by atoms with Gasteiger partial charge in [0.25, 0.3) is 0 Å². The number of rotatable bonds is 3. The Balaban J connectivity index is 2.05. The summed E-state index contributed by atoms with van der Waals surface area (Å²) in [5.74, 6) is 1.84. The van der Waals surface area contributed by atoms with Crippen LogP contribution in [0.3, 0.4) is 0 Å². The molecule has 4 heteroatoms. The number of pyridine rings is 1. The van der Waals surface area contributed by atoms with Gasteiger partial charge in [0.2, 0.25) is 0 Å². The number of ether oxygens (including phenoxy) is 1. The normalized spacial score (nSPS) is 10.9. The Kier molecular flexibility index (Phi) is 3.14. The fourth-order valence-corrected chi connectivity index (χ4v) is 2.46. The molecule has 0 amide bonds. The van der Waals surface area contributed by atoms with Gasteiger partial charge in [-0.2, -0.15) is 0 Å². The van der Waals surface area contributed by atoms with Crippen LogP contribution in [0.15, 0.2) is 36.4 Å². The summed E-state index contributed by atoms with van der Waals surface area (Å²) in [5.41, 5.74) is 4.09. The van der Waals surface area contributed by atoms with E-state index in [9.17, 15) is 0 Å². The predicted octanol–water partition coefficient (Wildman–Crippen LogP) is 3.11. The summed E-state index contributed by atoms with van der Waals surface area (Å²) in [4.78, 5) is 9.15. The van der Waals surface area contributed by atoms with Crippen LogP contribution in [0.25, 0.3) is 11.0 Å². The summed E-state index contributed by atoms with van der Waals surface area (Å²) in [7, 11) is 1.68. The second kappa shape index (κ2) is 4.96. The van der Waals surface area contributed by atoms with Gasteiger partial charge in [0.05, 0.1) is 30.4 Å². The lowest BCUT2D eigenvalue weighted by molar-refractivity contribution is 0.413. The molecular formula is C16H17N3O. The van der Waals surface area contributed by atoms with Crippen molar-refractivity contribution in [2.45, 2.75) is 20.4 Å². The number of aryl methyl sites for hydroxylation is 2. The van der Waals surface area contributed by atoms with Gasteiger partial charge in [-0.25, -0.2) is 4.98 Å². The Morgan fingerprint density at radius 3 is 2.70 bits per heavy atom. The molecule has 0 saturated heterocycles. The molecule has 0 unspecified atom stereocenters. The van der Waals surface area contributed by atoms with Crippen LogP contribution in [0.5, 0.6) is 5.75 Å². The van der Waals surface area contributed by atoms with Gasteiger partial charge < -0.3 is 9.30 Å². The lowest BCUT2D eigenvalue weighted by Gasteiger charge is -2.09. The highest BCUT2D eigenvalue weighted by molar-refractivity contribution is 5.75. The van der Waals surface area contributed by atoms with Crippen molar-refractivity contribution < 1.29 is 4.74 Å². The molecule has 2 heterocycles. The van der Waals surface area contributed by atoms with E-state index in [1.165, 1.54) is 0 Å². The average Bonchev–Trinajstić information content (AvgIpc) is 2.75. The highest BCUT2D eigenvalue weighted by Gasteiger charge is 2.09. The molecule has 0 spiro atoms. The van der Waals surface area contributed by atoms with Crippen molar-refractivity contribution in [1.29, 1.82) is 0 Å². The molecule has 0 aliphatic rings. The number of hydrogen-bond acceptors (Lipinski definition) is 3. The molecule has 0 radical (unpaired) electrons. The number of imidazole rings is 1. The molecule has 0 N–H and O–H groups in total. The summed E-state index contributed by atoms with van der Waals surface area (Å²) in [6.45, 7) is 4.70. The van der Waals surface area contributed by atoms with Crippen LogP contribution < -0.4 is 4.74 Å². The second-order valence-corrected chi connectivity index (χ2v) is 4.87. The highest BCUT2D eigenvalue weighted by Crippen LogP contribution is 2.19. The van der Waals surface area contributed by atoms with Crippen molar-refractivity contribution in [2.24, 2.45) is 0 Å². The topological polar surface area (TPSA) is 39.9 Å². The van der Waals surface area contributed by atoms with Gasteiger partial charge in [-0.15, -0.1) is 0 Å². The molecule has 0 aliphatic carbocycles. The first kappa shape index (κ1) is 12.7. The Labute approximate surface area is 118 Å². The Morgan fingerprint density at radius 1 is 1.10 bits per heavy atom. The molecule has 102 valence electrons. The summed E-state index contributed by atoms with van der Waals surface area (Å²) >= 11 is 0. The smallest absolute Gasteiger partial charge is 0.122 e. The van der Waals surface area contributed by atoms with E-state index >= 15 is 0 Å². The highest BCUT2D eigenvalue weighted by atomic mass is 16.5. The Bertz CT molecular complexity index is 762. The lowest BCUT2D eigenvalue weighted by Crippen LogP contribution is -2.05. The molecule has 0 saturated carbocycles. The summed E-state index contributed by atoms with van der Waals surface area (Å²) in [6.07, 6.45) is 0. The van der Waals surface area contributed by atoms with Crippen molar-refractivity contribution in [3.63, 3.8) is 0 Å². The third-order valence-electron chi connectivity index (χ3n) is 3.38.